The summed E-state index contributed by atoms with van der Waals surface area (Å²) >= 11 is 5.98. The molecule has 0 aliphatic carbocycles. The molecule has 0 spiro atoms. The summed E-state index contributed by atoms with van der Waals surface area (Å²) in [5, 5.41) is 5.80. The zero-order chi connectivity index (χ0) is 22.0. The SMILES string of the molecule is CNC(=O)Nc1ccc(-c2nc3ncccn3c2C(=O)N(C)c2ccc(Cl)cc2)cc1. The van der Waals surface area contributed by atoms with Crippen LogP contribution in [0.5, 0.6) is 0 Å². The van der Waals surface area contributed by atoms with Gasteiger partial charge in [-0.15, -0.1) is 0 Å². The largest absolute Gasteiger partial charge is 0.341 e. The Morgan fingerprint density at radius 2 is 1.77 bits per heavy atom. The number of nitrogens with one attached hydrogen (secondary N) is 2. The number of urea groups is 1. The number of fused-ring (bicyclic) bond motifs is 1. The summed E-state index contributed by atoms with van der Waals surface area (Å²) in [5.74, 6) is 0.170. The minimum absolute atomic E-state index is 0.245. The Hall–Kier alpha value is -3.91. The third kappa shape index (κ3) is 4.06. The van der Waals surface area contributed by atoms with Crippen molar-refractivity contribution >= 4 is 40.7 Å². The number of benzene rings is 2. The van der Waals surface area contributed by atoms with E-state index in [1.54, 1.807) is 85.5 Å². The van der Waals surface area contributed by atoms with Crippen molar-refractivity contribution in [1.29, 1.82) is 0 Å². The second kappa shape index (κ2) is 8.45. The smallest absolute Gasteiger partial charge is 0.318 e. The number of imidazole rings is 1. The molecule has 8 nitrogen and oxygen atoms in total. The van der Waals surface area contributed by atoms with Crippen LogP contribution >= 0.6 is 11.6 Å². The van der Waals surface area contributed by atoms with E-state index >= 15 is 0 Å². The van der Waals surface area contributed by atoms with E-state index < -0.39 is 0 Å². The van der Waals surface area contributed by atoms with Crippen LogP contribution in [-0.2, 0) is 0 Å². The van der Waals surface area contributed by atoms with Gasteiger partial charge in [-0.1, -0.05) is 23.7 Å². The molecule has 4 rings (SSSR count). The third-order valence-corrected chi connectivity index (χ3v) is 5.02. The fraction of sp³-hybridized carbons (Fsp3) is 0.0909. The standard InChI is InChI=1S/C22H19ClN6O2/c1-24-22(31)26-16-8-4-14(5-9-16)18-19(29-13-3-12-25-21(29)27-18)20(30)28(2)17-10-6-15(23)7-11-17/h3-13H,1-2H3,(H2,24,26,31). The van der Waals surface area contributed by atoms with Gasteiger partial charge in [0.15, 0.2) is 0 Å². The summed E-state index contributed by atoms with van der Waals surface area (Å²) in [4.78, 5) is 35.4. The minimum atomic E-state index is -0.315. The van der Waals surface area contributed by atoms with Crippen LogP contribution in [0.4, 0.5) is 16.2 Å². The molecule has 2 aromatic carbocycles. The lowest BCUT2D eigenvalue weighted by Crippen LogP contribution is -2.28. The third-order valence-electron chi connectivity index (χ3n) is 4.77. The van der Waals surface area contributed by atoms with Gasteiger partial charge in [0.2, 0.25) is 5.78 Å². The topological polar surface area (TPSA) is 91.6 Å². The number of aromatic nitrogens is 3. The fourth-order valence-electron chi connectivity index (χ4n) is 3.14. The number of carbonyl (C=O) groups excluding carboxylic acids is 2. The molecule has 2 N–H and O–H groups in total. The van der Waals surface area contributed by atoms with Crippen molar-refractivity contribution in [3.63, 3.8) is 0 Å². The van der Waals surface area contributed by atoms with Crippen molar-refractivity contribution in [3.8, 4) is 11.3 Å². The molecule has 9 heteroatoms. The fourth-order valence-corrected chi connectivity index (χ4v) is 3.26. The maximum Gasteiger partial charge on any atom is 0.318 e. The van der Waals surface area contributed by atoms with Gasteiger partial charge < -0.3 is 15.5 Å². The van der Waals surface area contributed by atoms with E-state index in [2.05, 4.69) is 20.6 Å². The zero-order valence-electron chi connectivity index (χ0n) is 16.8. The predicted octanol–water partition coefficient (Wildman–Crippen LogP) is 4.08. The summed E-state index contributed by atoms with van der Waals surface area (Å²) < 4.78 is 1.67. The summed E-state index contributed by atoms with van der Waals surface area (Å²) in [6.07, 6.45) is 3.38. The molecule has 0 fully saturated rings. The number of halogens is 1. The van der Waals surface area contributed by atoms with E-state index in [4.69, 9.17) is 11.6 Å². The highest BCUT2D eigenvalue weighted by atomic mass is 35.5. The van der Waals surface area contributed by atoms with Gasteiger partial charge in [-0.2, -0.15) is 0 Å². The predicted molar refractivity (Wildman–Crippen MR) is 121 cm³/mol. The molecular weight excluding hydrogens is 416 g/mol. The van der Waals surface area contributed by atoms with E-state index in [-0.39, 0.29) is 11.9 Å². The van der Waals surface area contributed by atoms with Gasteiger partial charge in [-0.25, -0.2) is 14.8 Å². The number of nitrogens with zero attached hydrogens (tertiary/aromatic N) is 4. The highest BCUT2D eigenvalue weighted by molar-refractivity contribution is 6.30. The first-order valence-corrected chi connectivity index (χ1v) is 9.81. The second-order valence-corrected chi connectivity index (χ2v) is 7.16. The normalized spacial score (nSPS) is 10.7. The highest BCUT2D eigenvalue weighted by Gasteiger charge is 2.24. The molecule has 156 valence electrons. The lowest BCUT2D eigenvalue weighted by Gasteiger charge is -2.18. The van der Waals surface area contributed by atoms with Crippen LogP contribution in [0.3, 0.4) is 0 Å². The molecule has 0 aliphatic rings. The lowest BCUT2D eigenvalue weighted by atomic mass is 10.1. The van der Waals surface area contributed by atoms with Gasteiger partial charge in [0.25, 0.3) is 5.91 Å². The van der Waals surface area contributed by atoms with Crippen molar-refractivity contribution in [2.24, 2.45) is 0 Å². The molecule has 0 bridgehead atoms. The van der Waals surface area contributed by atoms with Crippen LogP contribution in [0, 0.1) is 0 Å². The van der Waals surface area contributed by atoms with Gasteiger partial charge >= 0.3 is 6.03 Å². The summed E-state index contributed by atoms with van der Waals surface area (Å²) in [6, 6.07) is 15.5. The van der Waals surface area contributed by atoms with Crippen molar-refractivity contribution < 1.29 is 9.59 Å². The van der Waals surface area contributed by atoms with Crippen LogP contribution in [0.15, 0.2) is 67.0 Å². The van der Waals surface area contributed by atoms with E-state index in [1.165, 1.54) is 4.90 Å². The minimum Gasteiger partial charge on any atom is -0.341 e. The number of hydrogen-bond acceptors (Lipinski definition) is 4. The average Bonchev–Trinajstić information content (AvgIpc) is 3.18. The number of rotatable bonds is 4. The summed E-state index contributed by atoms with van der Waals surface area (Å²) in [7, 11) is 3.24. The van der Waals surface area contributed by atoms with E-state index in [0.717, 1.165) is 5.56 Å². The molecule has 0 unspecified atom stereocenters. The number of anilines is 2. The first-order chi connectivity index (χ1) is 15.0. The Kier molecular flexibility index (Phi) is 5.55. The van der Waals surface area contributed by atoms with Gasteiger partial charge in [0, 0.05) is 48.4 Å². The van der Waals surface area contributed by atoms with Gasteiger partial charge in [-0.3, -0.25) is 9.20 Å². The number of amides is 3. The van der Waals surface area contributed by atoms with Crippen LogP contribution in [0.2, 0.25) is 5.02 Å². The van der Waals surface area contributed by atoms with E-state index in [1.807, 2.05) is 0 Å². The Bertz CT molecular complexity index is 1250. The molecule has 3 amide bonds. The molecule has 31 heavy (non-hydrogen) atoms. The number of carbonyl (C=O) groups is 2. The Morgan fingerprint density at radius 3 is 2.45 bits per heavy atom. The number of hydrogen-bond donors (Lipinski definition) is 2. The molecule has 0 aliphatic heterocycles. The van der Waals surface area contributed by atoms with E-state index in [0.29, 0.717) is 33.6 Å². The second-order valence-electron chi connectivity index (χ2n) is 6.72. The monoisotopic (exact) mass is 434 g/mol. The Labute approximate surface area is 183 Å². The molecule has 0 saturated carbocycles. The molecular formula is C22H19ClN6O2. The average molecular weight is 435 g/mol. The first-order valence-electron chi connectivity index (χ1n) is 9.44. The quantitative estimate of drug-likeness (QED) is 0.506. The van der Waals surface area contributed by atoms with Gasteiger partial charge in [0.1, 0.15) is 11.4 Å². The molecule has 2 aromatic heterocycles. The molecule has 0 saturated heterocycles. The van der Waals surface area contributed by atoms with Crippen LogP contribution in [0.1, 0.15) is 10.5 Å². The summed E-state index contributed by atoms with van der Waals surface area (Å²) in [6.45, 7) is 0. The van der Waals surface area contributed by atoms with Gasteiger partial charge in [0.05, 0.1) is 0 Å². The first kappa shape index (κ1) is 20.4. The molecule has 2 heterocycles. The van der Waals surface area contributed by atoms with Crippen molar-refractivity contribution in [2.45, 2.75) is 0 Å². The molecule has 4 aromatic rings. The maximum atomic E-state index is 13.5. The Balaban J connectivity index is 1.76. The van der Waals surface area contributed by atoms with Crippen LogP contribution in [-0.4, -0.2) is 40.4 Å². The van der Waals surface area contributed by atoms with Crippen molar-refractivity contribution in [2.75, 3.05) is 24.3 Å². The van der Waals surface area contributed by atoms with Crippen molar-refractivity contribution in [1.82, 2.24) is 19.7 Å². The maximum absolute atomic E-state index is 13.5. The van der Waals surface area contributed by atoms with Crippen molar-refractivity contribution in [3.05, 3.63) is 77.7 Å². The summed E-state index contributed by atoms with van der Waals surface area (Å²) in [5.41, 5.74) is 2.92. The van der Waals surface area contributed by atoms with Crippen LogP contribution < -0.4 is 15.5 Å². The lowest BCUT2D eigenvalue weighted by molar-refractivity contribution is 0.0988. The molecule has 0 radical (unpaired) electrons. The molecule has 0 atom stereocenters. The zero-order valence-corrected chi connectivity index (χ0v) is 17.6. The Morgan fingerprint density at radius 1 is 1.06 bits per heavy atom. The van der Waals surface area contributed by atoms with E-state index in [9.17, 15) is 9.59 Å². The highest BCUT2D eigenvalue weighted by Crippen LogP contribution is 2.28. The van der Waals surface area contributed by atoms with Gasteiger partial charge in [-0.05, 0) is 42.5 Å². The van der Waals surface area contributed by atoms with Crippen LogP contribution in [0.25, 0.3) is 17.0 Å².